The summed E-state index contributed by atoms with van der Waals surface area (Å²) in [4.78, 5) is 0. The Morgan fingerprint density at radius 3 is 2.52 bits per heavy atom. The average Bonchev–Trinajstić information content (AvgIpc) is 2.47. The van der Waals surface area contributed by atoms with E-state index in [1.165, 1.54) is 100 Å². The van der Waals surface area contributed by atoms with Gasteiger partial charge in [-0.05, 0) is 76.5 Å². The average molecular weight is 317 g/mol. The fourth-order valence-corrected chi connectivity index (χ4v) is 4.34. The van der Waals surface area contributed by atoms with Gasteiger partial charge in [-0.3, -0.25) is 0 Å². The Bertz CT molecular complexity index is 394. The molecule has 132 valence electrons. The van der Waals surface area contributed by atoms with Gasteiger partial charge in [-0.15, -0.1) is 0 Å². The molecule has 0 aromatic rings. The van der Waals surface area contributed by atoms with E-state index in [4.69, 9.17) is 0 Å². The van der Waals surface area contributed by atoms with Crippen LogP contribution in [0.25, 0.3) is 0 Å². The van der Waals surface area contributed by atoms with Gasteiger partial charge < -0.3 is 0 Å². The van der Waals surface area contributed by atoms with Gasteiger partial charge in [-0.25, -0.2) is 0 Å². The smallest absolute Gasteiger partial charge is 0.0260 e. The predicted octanol–water partition coefficient (Wildman–Crippen LogP) is 8.16. The zero-order valence-corrected chi connectivity index (χ0v) is 16.2. The van der Waals surface area contributed by atoms with Crippen LogP contribution in [0.4, 0.5) is 0 Å². The minimum absolute atomic E-state index is 0.560. The monoisotopic (exact) mass is 316 g/mol. The van der Waals surface area contributed by atoms with E-state index in [0.29, 0.717) is 5.41 Å². The molecular weight excluding hydrogens is 276 g/mol. The van der Waals surface area contributed by atoms with Crippen LogP contribution in [-0.4, -0.2) is 0 Å². The van der Waals surface area contributed by atoms with E-state index in [1.807, 2.05) is 0 Å². The molecule has 1 aliphatic rings. The fourth-order valence-electron chi connectivity index (χ4n) is 4.34. The molecule has 0 radical (unpaired) electrons. The zero-order valence-electron chi connectivity index (χ0n) is 16.2. The lowest BCUT2D eigenvalue weighted by Gasteiger charge is -2.38. The largest absolute Gasteiger partial charge is 0.0998 e. The Balaban J connectivity index is 2.39. The lowest BCUT2D eigenvalue weighted by molar-refractivity contribution is 0.182. The van der Waals surface area contributed by atoms with Gasteiger partial charge in [0.25, 0.3) is 0 Å². The molecule has 0 bridgehead atoms. The summed E-state index contributed by atoms with van der Waals surface area (Å²) in [5.74, 6) is 0. The quantitative estimate of drug-likeness (QED) is 0.205. The van der Waals surface area contributed by atoms with Crippen LogP contribution in [0.3, 0.4) is 0 Å². The van der Waals surface area contributed by atoms with E-state index in [2.05, 4.69) is 40.0 Å². The van der Waals surface area contributed by atoms with Crippen LogP contribution >= 0.6 is 0 Å². The molecule has 0 aromatic carbocycles. The fraction of sp³-hybridized carbons (Fsp3) is 0.739. The Morgan fingerprint density at radius 2 is 1.87 bits per heavy atom. The molecule has 1 aliphatic carbocycles. The molecule has 0 heterocycles. The highest BCUT2D eigenvalue weighted by Gasteiger charge is 2.31. The van der Waals surface area contributed by atoms with Crippen molar-refractivity contribution in [1.82, 2.24) is 0 Å². The maximum Gasteiger partial charge on any atom is -0.0260 e. The summed E-state index contributed by atoms with van der Waals surface area (Å²) < 4.78 is 0. The third kappa shape index (κ3) is 8.04. The van der Waals surface area contributed by atoms with Crippen molar-refractivity contribution < 1.29 is 0 Å². The summed E-state index contributed by atoms with van der Waals surface area (Å²) in [5, 5.41) is 0. The molecule has 0 N–H and O–H groups in total. The second-order valence-corrected chi connectivity index (χ2v) is 7.99. The van der Waals surface area contributed by atoms with E-state index >= 15 is 0 Å². The minimum Gasteiger partial charge on any atom is -0.0998 e. The molecule has 0 nitrogen and oxygen atoms in total. The number of rotatable bonds is 11. The number of hydrogen-bond acceptors (Lipinski definition) is 0. The summed E-state index contributed by atoms with van der Waals surface area (Å²) >= 11 is 0. The van der Waals surface area contributed by atoms with E-state index in [-0.39, 0.29) is 0 Å². The van der Waals surface area contributed by atoms with Crippen LogP contribution < -0.4 is 0 Å². The molecule has 0 heteroatoms. The number of hydrogen-bond donors (Lipinski definition) is 0. The molecule has 1 atom stereocenters. The third-order valence-electron chi connectivity index (χ3n) is 5.47. The Kier molecular flexibility index (Phi) is 9.60. The van der Waals surface area contributed by atoms with Crippen molar-refractivity contribution in [3.63, 3.8) is 0 Å². The van der Waals surface area contributed by atoms with Crippen LogP contribution in [0.1, 0.15) is 104 Å². The van der Waals surface area contributed by atoms with Gasteiger partial charge in [-0.1, -0.05) is 69.1 Å². The van der Waals surface area contributed by atoms with Crippen molar-refractivity contribution >= 4 is 0 Å². The summed E-state index contributed by atoms with van der Waals surface area (Å²) in [6.45, 7) is 15.4. The molecule has 0 saturated heterocycles. The first-order valence-corrected chi connectivity index (χ1v) is 10.0. The second-order valence-electron chi connectivity index (χ2n) is 7.99. The van der Waals surface area contributed by atoms with Crippen molar-refractivity contribution in [2.24, 2.45) is 5.41 Å². The molecule has 1 rings (SSSR count). The Labute approximate surface area is 146 Å². The maximum absolute atomic E-state index is 4.30. The molecule has 0 aromatic heterocycles. The van der Waals surface area contributed by atoms with Gasteiger partial charge in [0.2, 0.25) is 0 Å². The molecule has 0 aliphatic heterocycles. The van der Waals surface area contributed by atoms with E-state index < -0.39 is 0 Å². The molecule has 0 amide bonds. The van der Waals surface area contributed by atoms with E-state index in [0.717, 1.165) is 0 Å². The SMILES string of the molecule is C=C(/C=C(\C)CCCCC)CCCC1(CCC)CCCC(=C)C1. The molecular formula is C23H40. The van der Waals surface area contributed by atoms with Gasteiger partial charge in [0, 0.05) is 0 Å². The normalized spacial score (nSPS) is 22.4. The third-order valence-corrected chi connectivity index (χ3v) is 5.47. The first kappa shape index (κ1) is 20.3. The van der Waals surface area contributed by atoms with Crippen LogP contribution in [0.2, 0.25) is 0 Å². The Hall–Kier alpha value is -0.780. The van der Waals surface area contributed by atoms with Crippen LogP contribution in [-0.2, 0) is 0 Å². The van der Waals surface area contributed by atoms with Crippen molar-refractivity contribution in [2.45, 2.75) is 104 Å². The van der Waals surface area contributed by atoms with Crippen LogP contribution in [0.5, 0.6) is 0 Å². The summed E-state index contributed by atoms with van der Waals surface area (Å²) in [6.07, 6.45) is 19.4. The zero-order chi connectivity index (χ0) is 17.1. The second kappa shape index (κ2) is 10.9. The number of allylic oxidation sites excluding steroid dienone is 4. The van der Waals surface area contributed by atoms with Gasteiger partial charge in [-0.2, -0.15) is 0 Å². The summed E-state index contributed by atoms with van der Waals surface area (Å²) in [7, 11) is 0. The molecule has 1 fully saturated rings. The van der Waals surface area contributed by atoms with Crippen molar-refractivity contribution in [3.8, 4) is 0 Å². The van der Waals surface area contributed by atoms with E-state index in [9.17, 15) is 0 Å². The highest BCUT2D eigenvalue weighted by Crippen LogP contribution is 2.46. The first-order chi connectivity index (χ1) is 11.0. The highest BCUT2D eigenvalue weighted by molar-refractivity contribution is 5.19. The van der Waals surface area contributed by atoms with E-state index in [1.54, 1.807) is 0 Å². The van der Waals surface area contributed by atoms with Crippen molar-refractivity contribution in [1.29, 1.82) is 0 Å². The maximum atomic E-state index is 4.30. The van der Waals surface area contributed by atoms with Crippen LogP contribution in [0.15, 0.2) is 36.0 Å². The van der Waals surface area contributed by atoms with Crippen molar-refractivity contribution in [3.05, 3.63) is 36.0 Å². The highest BCUT2D eigenvalue weighted by atomic mass is 14.4. The van der Waals surface area contributed by atoms with Gasteiger partial charge in [0.15, 0.2) is 0 Å². The van der Waals surface area contributed by atoms with Crippen LogP contribution in [0, 0.1) is 5.41 Å². The molecule has 1 unspecified atom stereocenters. The van der Waals surface area contributed by atoms with Gasteiger partial charge >= 0.3 is 0 Å². The Morgan fingerprint density at radius 1 is 1.09 bits per heavy atom. The molecule has 23 heavy (non-hydrogen) atoms. The summed E-state index contributed by atoms with van der Waals surface area (Å²) in [5.41, 5.74) is 4.90. The molecule has 1 saturated carbocycles. The number of unbranched alkanes of at least 4 members (excludes halogenated alkanes) is 2. The minimum atomic E-state index is 0.560. The lowest BCUT2D eigenvalue weighted by Crippen LogP contribution is -2.25. The standard InChI is InChI=1S/C23H40/c1-6-8-9-12-20(3)18-21(4)13-10-16-23(15-7-2)17-11-14-22(5)19-23/h18H,4-17,19H2,1-3H3/b20-18+. The predicted molar refractivity (Wildman–Crippen MR) is 106 cm³/mol. The molecule has 0 spiro atoms. The topological polar surface area (TPSA) is 0 Å². The van der Waals surface area contributed by atoms with Crippen molar-refractivity contribution in [2.75, 3.05) is 0 Å². The van der Waals surface area contributed by atoms with Gasteiger partial charge in [0.1, 0.15) is 0 Å². The first-order valence-electron chi connectivity index (χ1n) is 10.0. The van der Waals surface area contributed by atoms with Gasteiger partial charge in [0.05, 0.1) is 0 Å². The summed E-state index contributed by atoms with van der Waals surface area (Å²) in [6, 6.07) is 0. The lowest BCUT2D eigenvalue weighted by atomic mass is 9.67.